The maximum Gasteiger partial charge on any atom is 0.256 e. The standard InChI is InChI=1S/C45H44N4O8/c1-52-34-10-6-28(7-11-34)30-14-16-48-32(20-30)26-46-38-24-42(40(54-3)22-36(38)44(48)50)56-18-5-19-57-43-25-39-37(23-41(43)55-4)45(51)49-17-15-31(21-33(49)27-47-39)29-8-12-35(53-2)13-9-29/h6-13,20-27,32-33H,5,14-19H2,1-4H3/t32-,33-/m0/s1. The van der Waals surface area contributed by atoms with E-state index in [1.54, 1.807) is 52.7 Å². The fourth-order valence-electron chi connectivity index (χ4n) is 7.60. The number of nitrogens with zero attached hydrogens (tertiary/aromatic N) is 4. The summed E-state index contributed by atoms with van der Waals surface area (Å²) >= 11 is 0. The number of carbonyl (C=O) groups excluding carboxylic acids is 2. The predicted molar refractivity (Wildman–Crippen MR) is 219 cm³/mol. The van der Waals surface area contributed by atoms with Gasteiger partial charge in [-0.2, -0.15) is 0 Å². The first-order valence-corrected chi connectivity index (χ1v) is 19.0. The van der Waals surface area contributed by atoms with Gasteiger partial charge in [0.25, 0.3) is 11.8 Å². The summed E-state index contributed by atoms with van der Waals surface area (Å²) in [7, 11) is 6.40. The van der Waals surface area contributed by atoms with E-state index in [9.17, 15) is 9.59 Å². The Labute approximate surface area is 331 Å². The lowest BCUT2D eigenvalue weighted by Crippen LogP contribution is -2.42. The van der Waals surface area contributed by atoms with Crippen LogP contribution in [-0.2, 0) is 0 Å². The van der Waals surface area contributed by atoms with Crippen LogP contribution >= 0.6 is 0 Å². The average Bonchev–Trinajstić information content (AvgIpc) is 3.48. The number of fused-ring (bicyclic) bond motifs is 4. The highest BCUT2D eigenvalue weighted by Crippen LogP contribution is 2.40. The Kier molecular flexibility index (Phi) is 10.7. The fourth-order valence-corrected chi connectivity index (χ4v) is 7.60. The second-order valence-electron chi connectivity index (χ2n) is 14.0. The van der Waals surface area contributed by atoms with Gasteiger partial charge in [-0.1, -0.05) is 36.4 Å². The molecule has 0 aromatic heterocycles. The van der Waals surface area contributed by atoms with Crippen LogP contribution in [0, 0.1) is 0 Å². The van der Waals surface area contributed by atoms with Gasteiger partial charge in [0, 0.05) is 44.1 Å². The largest absolute Gasteiger partial charge is 0.497 e. The zero-order valence-corrected chi connectivity index (χ0v) is 32.4. The van der Waals surface area contributed by atoms with Gasteiger partial charge in [0.15, 0.2) is 23.0 Å². The molecule has 4 aliphatic rings. The van der Waals surface area contributed by atoms with Crippen LogP contribution in [0.25, 0.3) is 11.1 Å². The molecule has 8 rings (SSSR count). The maximum atomic E-state index is 13.8. The zero-order valence-electron chi connectivity index (χ0n) is 32.4. The summed E-state index contributed by atoms with van der Waals surface area (Å²) in [5.41, 5.74) is 6.47. The number of hydrogen-bond donors (Lipinski definition) is 0. The third kappa shape index (κ3) is 7.54. The van der Waals surface area contributed by atoms with E-state index in [-0.39, 0.29) is 23.9 Å². The third-order valence-electron chi connectivity index (χ3n) is 10.7. The molecule has 0 fully saturated rings. The van der Waals surface area contributed by atoms with Gasteiger partial charge in [0.1, 0.15) is 11.5 Å². The molecule has 0 bridgehead atoms. The van der Waals surface area contributed by atoms with Gasteiger partial charge in [-0.05, 0) is 71.5 Å². The van der Waals surface area contributed by atoms with Crippen LogP contribution in [0.4, 0.5) is 11.4 Å². The average molecular weight is 769 g/mol. The van der Waals surface area contributed by atoms with Gasteiger partial charge in [-0.25, -0.2) is 0 Å². The number of rotatable bonds is 12. The van der Waals surface area contributed by atoms with Gasteiger partial charge in [-0.3, -0.25) is 19.6 Å². The van der Waals surface area contributed by atoms with Crippen molar-refractivity contribution in [1.82, 2.24) is 9.80 Å². The highest BCUT2D eigenvalue weighted by molar-refractivity contribution is 6.05. The van der Waals surface area contributed by atoms with Crippen molar-refractivity contribution in [3.63, 3.8) is 0 Å². The highest BCUT2D eigenvalue weighted by atomic mass is 16.5. The van der Waals surface area contributed by atoms with E-state index in [1.165, 1.54) is 0 Å². The zero-order chi connectivity index (χ0) is 39.5. The Balaban J connectivity index is 0.921. The molecule has 2 amide bonds. The molecule has 292 valence electrons. The lowest BCUT2D eigenvalue weighted by atomic mass is 9.95. The number of ether oxygens (including phenoxy) is 6. The van der Waals surface area contributed by atoms with Crippen LogP contribution in [0.3, 0.4) is 0 Å². The first-order chi connectivity index (χ1) is 27.9. The second kappa shape index (κ2) is 16.3. The monoisotopic (exact) mass is 768 g/mol. The Morgan fingerprint density at radius 3 is 1.37 bits per heavy atom. The molecule has 4 aromatic rings. The van der Waals surface area contributed by atoms with Crippen molar-refractivity contribution in [3.8, 4) is 34.5 Å². The van der Waals surface area contributed by atoms with Crippen molar-refractivity contribution in [2.45, 2.75) is 31.3 Å². The van der Waals surface area contributed by atoms with Crippen molar-refractivity contribution in [1.29, 1.82) is 0 Å². The molecule has 0 aliphatic carbocycles. The summed E-state index contributed by atoms with van der Waals surface area (Å²) in [6.07, 6.45) is 9.78. The number of benzene rings is 4. The molecule has 4 aliphatic heterocycles. The van der Waals surface area contributed by atoms with E-state index in [0.29, 0.717) is 78.2 Å². The Bertz CT molecular complexity index is 2140. The quantitative estimate of drug-likeness (QED) is 0.135. The molecule has 0 N–H and O–H groups in total. The smallest absolute Gasteiger partial charge is 0.256 e. The minimum atomic E-state index is -0.284. The van der Waals surface area contributed by atoms with Gasteiger partial charge in [0.2, 0.25) is 0 Å². The third-order valence-corrected chi connectivity index (χ3v) is 10.7. The summed E-state index contributed by atoms with van der Waals surface area (Å²) in [5.74, 6) is 3.22. The summed E-state index contributed by atoms with van der Waals surface area (Å²) < 4.78 is 34.3. The SMILES string of the molecule is COc1ccc(C2=C[C@H]3C=Nc4cc(OCCCOc5cc6c(cc5OC)C(=O)N5CCC(c7ccc(OC)cc7)=C[C@H]5C=N6)c(OC)cc4C(=O)N3CC2)cc1. The van der Waals surface area contributed by atoms with Crippen molar-refractivity contribution in [2.75, 3.05) is 54.7 Å². The normalized spacial score (nSPS) is 18.2. The van der Waals surface area contributed by atoms with Crippen molar-refractivity contribution in [2.24, 2.45) is 9.98 Å². The molecule has 57 heavy (non-hydrogen) atoms. The van der Waals surface area contributed by atoms with E-state index < -0.39 is 0 Å². The number of carbonyl (C=O) groups is 2. The number of aliphatic imine (C=N–C) groups is 2. The highest BCUT2D eigenvalue weighted by Gasteiger charge is 2.33. The van der Waals surface area contributed by atoms with Crippen molar-refractivity contribution >= 4 is 46.8 Å². The Hall–Kier alpha value is -6.56. The summed E-state index contributed by atoms with van der Waals surface area (Å²) in [5, 5.41) is 0. The van der Waals surface area contributed by atoms with E-state index >= 15 is 0 Å². The molecular weight excluding hydrogens is 725 g/mol. The van der Waals surface area contributed by atoms with Crippen LogP contribution in [0.2, 0.25) is 0 Å². The molecule has 12 heteroatoms. The topological polar surface area (TPSA) is 121 Å². The van der Waals surface area contributed by atoms with E-state index in [2.05, 4.69) is 12.2 Å². The second-order valence-corrected chi connectivity index (χ2v) is 14.0. The van der Waals surface area contributed by atoms with Crippen LogP contribution in [0.5, 0.6) is 34.5 Å². The van der Waals surface area contributed by atoms with Crippen LogP contribution in [-0.4, -0.2) is 101 Å². The first kappa shape index (κ1) is 37.4. The maximum absolute atomic E-state index is 13.8. The molecule has 12 nitrogen and oxygen atoms in total. The lowest BCUT2D eigenvalue weighted by Gasteiger charge is -2.31. The Morgan fingerprint density at radius 2 is 0.982 bits per heavy atom. The van der Waals surface area contributed by atoms with Crippen molar-refractivity contribution < 1.29 is 38.0 Å². The summed E-state index contributed by atoms with van der Waals surface area (Å²) in [6, 6.07) is 22.2. The van der Waals surface area contributed by atoms with Crippen LogP contribution < -0.4 is 28.4 Å². The van der Waals surface area contributed by atoms with Crippen molar-refractivity contribution in [3.05, 3.63) is 107 Å². The fraction of sp³-hybridized carbons (Fsp3) is 0.289. The molecule has 0 unspecified atom stereocenters. The van der Waals surface area contributed by atoms with E-state index in [0.717, 1.165) is 46.6 Å². The van der Waals surface area contributed by atoms with E-state index in [4.69, 9.17) is 38.4 Å². The summed E-state index contributed by atoms with van der Waals surface area (Å²) in [6.45, 7) is 1.74. The van der Waals surface area contributed by atoms with Gasteiger partial charge in [-0.15, -0.1) is 0 Å². The van der Waals surface area contributed by atoms with Crippen LogP contribution in [0.15, 0.2) is 94.9 Å². The number of hydrogen-bond acceptors (Lipinski definition) is 10. The molecule has 4 aromatic carbocycles. The predicted octanol–water partition coefficient (Wildman–Crippen LogP) is 7.60. The lowest BCUT2D eigenvalue weighted by molar-refractivity contribution is 0.0744. The molecule has 4 heterocycles. The first-order valence-electron chi connectivity index (χ1n) is 19.0. The molecule has 0 saturated heterocycles. The number of methoxy groups -OCH3 is 4. The molecular formula is C45H44N4O8. The van der Waals surface area contributed by atoms with Gasteiger partial charge >= 0.3 is 0 Å². The van der Waals surface area contributed by atoms with Gasteiger partial charge < -0.3 is 38.2 Å². The Morgan fingerprint density at radius 1 is 0.561 bits per heavy atom. The van der Waals surface area contributed by atoms with E-state index in [1.807, 2.05) is 70.8 Å². The molecule has 0 saturated carbocycles. The number of amides is 2. The molecule has 0 radical (unpaired) electrons. The minimum Gasteiger partial charge on any atom is -0.497 e. The summed E-state index contributed by atoms with van der Waals surface area (Å²) in [4.78, 5) is 40.7. The van der Waals surface area contributed by atoms with Gasteiger partial charge in [0.05, 0.1) is 76.2 Å². The van der Waals surface area contributed by atoms with Crippen LogP contribution in [0.1, 0.15) is 51.1 Å². The molecule has 2 atom stereocenters. The molecule has 0 spiro atoms. The minimum absolute atomic E-state index is 0.109.